The number of carbonyl (C=O) groups excluding carboxylic acids is 3. The van der Waals surface area contributed by atoms with Gasteiger partial charge in [0.15, 0.2) is 0 Å². The number of hydrogen-bond donors (Lipinski definition) is 0. The number of alkyl halides is 1. The Hall–Kier alpha value is -3.25. The van der Waals surface area contributed by atoms with E-state index in [0.717, 1.165) is 41.5 Å². The first-order valence-electron chi connectivity index (χ1n) is 16.5. The summed E-state index contributed by atoms with van der Waals surface area (Å²) in [4.78, 5) is 42.6. The average Bonchev–Trinajstić information content (AvgIpc) is 3.32. The summed E-state index contributed by atoms with van der Waals surface area (Å²) >= 11 is 4.04. The van der Waals surface area contributed by atoms with E-state index in [4.69, 9.17) is 4.74 Å². The Morgan fingerprint density at radius 1 is 0.750 bits per heavy atom. The van der Waals surface area contributed by atoms with Crippen molar-refractivity contribution in [1.82, 2.24) is 0 Å². The Morgan fingerprint density at radius 3 is 1.93 bits per heavy atom. The maximum atomic E-state index is 14.2. The van der Waals surface area contributed by atoms with Crippen molar-refractivity contribution in [3.8, 4) is 0 Å². The minimum atomic E-state index is -0.799. The maximum absolute atomic E-state index is 14.2. The van der Waals surface area contributed by atoms with Crippen LogP contribution in [0.15, 0.2) is 72.8 Å². The summed E-state index contributed by atoms with van der Waals surface area (Å²) in [5, 5.41) is 0. The Bertz CT molecular complexity index is 1480. The van der Waals surface area contributed by atoms with Gasteiger partial charge in [-0.1, -0.05) is 142 Å². The monoisotopic (exact) mass is 655 g/mol. The smallest absolute Gasteiger partial charge is 0.338 e. The molecule has 1 aliphatic heterocycles. The van der Waals surface area contributed by atoms with Gasteiger partial charge in [0.25, 0.3) is 0 Å². The predicted octanol–water partition coefficient (Wildman–Crippen LogP) is 9.06. The van der Waals surface area contributed by atoms with Crippen LogP contribution in [0.3, 0.4) is 0 Å². The number of imide groups is 1. The third kappa shape index (κ3) is 5.44. The second-order valence-corrected chi connectivity index (χ2v) is 13.9. The molecule has 3 aromatic carbocycles. The summed E-state index contributed by atoms with van der Waals surface area (Å²) < 4.78 is 4.79. The molecule has 7 rings (SSSR count). The standard InChI is InChI=1S/C38H42BrNO4/c1-2-3-4-5-6-7-8-9-10-11-16-24-44-37(43)26-18-17-19-27(25-26)40-35(41)33-32-28-20-12-14-22-30(28)38(39,34(33)36(40)42)31-23-15-13-21-29(31)32/h12-15,17-23,25,32-34H,2-11,16,24H2,1H3. The fraction of sp³-hybridized carbons (Fsp3) is 0.447. The van der Waals surface area contributed by atoms with E-state index in [1.165, 1.54) is 56.3 Å². The Labute approximate surface area is 269 Å². The van der Waals surface area contributed by atoms with Crippen molar-refractivity contribution in [2.24, 2.45) is 11.8 Å². The fourth-order valence-corrected chi connectivity index (χ4v) is 8.92. The van der Waals surface area contributed by atoms with E-state index in [1.54, 1.807) is 24.3 Å². The lowest BCUT2D eigenvalue weighted by Crippen LogP contribution is -2.50. The number of esters is 1. The van der Waals surface area contributed by atoms with Crippen LogP contribution in [0.25, 0.3) is 0 Å². The van der Waals surface area contributed by atoms with Crippen LogP contribution in [0.1, 0.15) is 116 Å². The Morgan fingerprint density at radius 2 is 1.32 bits per heavy atom. The van der Waals surface area contributed by atoms with Crippen LogP contribution in [-0.2, 0) is 18.7 Å². The lowest BCUT2D eigenvalue weighted by Gasteiger charge is -2.51. The topological polar surface area (TPSA) is 63.7 Å². The first-order valence-corrected chi connectivity index (χ1v) is 17.3. The van der Waals surface area contributed by atoms with E-state index < -0.39 is 22.1 Å². The van der Waals surface area contributed by atoms with Crippen molar-refractivity contribution in [3.63, 3.8) is 0 Å². The number of hydrogen-bond acceptors (Lipinski definition) is 4. The number of amides is 2. The number of ether oxygens (including phenoxy) is 1. The van der Waals surface area contributed by atoms with E-state index in [0.29, 0.717) is 17.9 Å². The number of rotatable bonds is 14. The van der Waals surface area contributed by atoms with Gasteiger partial charge >= 0.3 is 5.97 Å². The van der Waals surface area contributed by atoms with E-state index in [2.05, 4.69) is 47.1 Å². The van der Waals surface area contributed by atoms with Crippen LogP contribution >= 0.6 is 15.9 Å². The second-order valence-electron chi connectivity index (χ2n) is 12.6. The molecular weight excluding hydrogens is 614 g/mol. The van der Waals surface area contributed by atoms with Gasteiger partial charge < -0.3 is 4.74 Å². The molecule has 230 valence electrons. The highest BCUT2D eigenvalue weighted by Gasteiger charge is 2.67. The lowest BCUT2D eigenvalue weighted by atomic mass is 9.55. The minimum Gasteiger partial charge on any atom is -0.462 e. The van der Waals surface area contributed by atoms with Crippen LogP contribution in [0, 0.1) is 11.8 Å². The van der Waals surface area contributed by atoms with Crippen LogP contribution in [0.4, 0.5) is 5.69 Å². The summed E-state index contributed by atoms with van der Waals surface area (Å²) in [7, 11) is 0. The van der Waals surface area contributed by atoms with Gasteiger partial charge in [0.2, 0.25) is 11.8 Å². The first-order chi connectivity index (χ1) is 21.5. The van der Waals surface area contributed by atoms with Gasteiger partial charge in [-0.2, -0.15) is 0 Å². The van der Waals surface area contributed by atoms with Crippen LogP contribution < -0.4 is 4.90 Å². The van der Waals surface area contributed by atoms with Crippen molar-refractivity contribution < 1.29 is 19.1 Å². The van der Waals surface area contributed by atoms with Crippen molar-refractivity contribution >= 4 is 39.4 Å². The summed E-state index contributed by atoms with van der Waals surface area (Å²) in [6.07, 6.45) is 13.6. The molecule has 0 N–H and O–H groups in total. The fourth-order valence-electron chi connectivity index (χ4n) is 7.72. The molecule has 0 spiro atoms. The number of halogens is 1. The molecule has 2 amide bonds. The molecule has 4 aliphatic rings. The zero-order valence-corrected chi connectivity index (χ0v) is 27.2. The number of benzene rings is 3. The molecule has 2 atom stereocenters. The maximum Gasteiger partial charge on any atom is 0.338 e. The molecule has 44 heavy (non-hydrogen) atoms. The van der Waals surface area contributed by atoms with Crippen molar-refractivity contribution in [2.75, 3.05) is 11.5 Å². The SMILES string of the molecule is CCCCCCCCCCCCCOC(=O)c1cccc(N2C(=O)C3C4c5ccccc5C(Br)(c5ccccc54)C3C2=O)c1. The highest BCUT2D eigenvalue weighted by Crippen LogP contribution is 2.66. The highest BCUT2D eigenvalue weighted by atomic mass is 79.9. The van der Waals surface area contributed by atoms with Gasteiger partial charge in [-0.15, -0.1) is 0 Å². The van der Waals surface area contributed by atoms with Crippen molar-refractivity contribution in [1.29, 1.82) is 0 Å². The van der Waals surface area contributed by atoms with Gasteiger partial charge in [0.1, 0.15) is 0 Å². The molecule has 3 aliphatic carbocycles. The molecule has 6 heteroatoms. The van der Waals surface area contributed by atoms with Gasteiger partial charge in [0, 0.05) is 5.92 Å². The third-order valence-corrected chi connectivity index (χ3v) is 11.2. The molecule has 0 saturated carbocycles. The molecule has 0 aromatic heterocycles. The minimum absolute atomic E-state index is 0.202. The summed E-state index contributed by atoms with van der Waals surface area (Å²) in [6.45, 7) is 2.62. The van der Waals surface area contributed by atoms with Crippen LogP contribution in [0.2, 0.25) is 0 Å². The number of anilines is 1. The molecule has 2 unspecified atom stereocenters. The predicted molar refractivity (Wildman–Crippen MR) is 177 cm³/mol. The largest absolute Gasteiger partial charge is 0.462 e. The van der Waals surface area contributed by atoms with E-state index in [9.17, 15) is 14.4 Å². The second kappa shape index (κ2) is 13.4. The molecule has 2 bridgehead atoms. The summed E-state index contributed by atoms with van der Waals surface area (Å²) in [6, 6.07) is 23.0. The van der Waals surface area contributed by atoms with Crippen LogP contribution in [0.5, 0.6) is 0 Å². The first kappa shape index (κ1) is 30.8. The third-order valence-electron chi connectivity index (χ3n) is 9.84. The molecule has 0 radical (unpaired) electrons. The lowest BCUT2D eigenvalue weighted by molar-refractivity contribution is -0.122. The number of unbranched alkanes of at least 4 members (excludes halogenated alkanes) is 10. The van der Waals surface area contributed by atoms with E-state index >= 15 is 0 Å². The van der Waals surface area contributed by atoms with Gasteiger partial charge in [-0.05, 0) is 46.9 Å². The quantitative estimate of drug-likeness (QED) is 0.0752. The highest BCUT2D eigenvalue weighted by molar-refractivity contribution is 9.09. The van der Waals surface area contributed by atoms with E-state index in [-0.39, 0.29) is 17.7 Å². The zero-order valence-electron chi connectivity index (χ0n) is 25.6. The van der Waals surface area contributed by atoms with Crippen molar-refractivity contribution in [3.05, 3.63) is 101 Å². The molecule has 5 nitrogen and oxygen atoms in total. The van der Waals surface area contributed by atoms with E-state index in [1.807, 2.05) is 24.3 Å². The normalized spacial score (nSPS) is 23.0. The number of carbonyl (C=O) groups is 3. The molecule has 3 aromatic rings. The van der Waals surface area contributed by atoms with Gasteiger partial charge in [-0.25, -0.2) is 9.69 Å². The molecule has 1 saturated heterocycles. The molecular formula is C38H42BrNO4. The number of nitrogens with zero attached hydrogens (tertiary/aromatic N) is 1. The Kier molecular flexibility index (Phi) is 9.37. The van der Waals surface area contributed by atoms with Crippen molar-refractivity contribution in [2.45, 2.75) is 87.8 Å². The van der Waals surface area contributed by atoms with Gasteiger partial charge in [0.05, 0.1) is 34.0 Å². The van der Waals surface area contributed by atoms with Crippen LogP contribution in [-0.4, -0.2) is 24.4 Å². The zero-order chi connectivity index (χ0) is 30.7. The molecule has 1 heterocycles. The molecule has 1 fully saturated rings. The summed E-state index contributed by atoms with van der Waals surface area (Å²) in [5.41, 5.74) is 5.05. The Balaban J connectivity index is 1.09. The van der Waals surface area contributed by atoms with Gasteiger partial charge in [-0.3, -0.25) is 9.59 Å². The summed E-state index contributed by atoms with van der Waals surface area (Å²) in [5.74, 6) is -2.19. The average molecular weight is 657 g/mol.